The van der Waals surface area contributed by atoms with E-state index in [0.29, 0.717) is 16.8 Å². The Kier molecular flexibility index (Phi) is 5.39. The fraction of sp³-hybridized carbons (Fsp3) is 0.222. The van der Waals surface area contributed by atoms with Crippen LogP contribution in [0, 0.1) is 11.2 Å². The first-order chi connectivity index (χ1) is 11.2. The molecule has 0 aliphatic carbocycles. The minimum absolute atomic E-state index is 0.169. The van der Waals surface area contributed by atoms with Gasteiger partial charge in [-0.25, -0.2) is 9.18 Å². The third kappa shape index (κ3) is 4.89. The maximum Gasteiger partial charge on any atom is 0.412 e. The summed E-state index contributed by atoms with van der Waals surface area (Å²) in [5, 5.41) is 11.0. The van der Waals surface area contributed by atoms with Crippen LogP contribution in [0.25, 0.3) is 0 Å². The molecule has 0 heterocycles. The molecule has 1 amide bonds. The predicted molar refractivity (Wildman–Crippen MR) is 96.3 cm³/mol. The average molecular weight is 393 g/mol. The lowest BCUT2D eigenvalue weighted by Crippen LogP contribution is -2.27. The summed E-state index contributed by atoms with van der Waals surface area (Å²) in [5.41, 5.74) is 1.04. The minimum Gasteiger partial charge on any atom is -0.444 e. The first kappa shape index (κ1) is 18.1. The topological polar surface area (TPSA) is 62.2 Å². The summed E-state index contributed by atoms with van der Waals surface area (Å²) in [6.07, 6.45) is -0.599. The van der Waals surface area contributed by atoms with Crippen molar-refractivity contribution >= 4 is 33.4 Å². The number of carbonyl (C=O) groups excluding carboxylic acids is 1. The molecular weight excluding hydrogens is 375 g/mol. The molecule has 6 heteroatoms. The first-order valence-electron chi connectivity index (χ1n) is 7.30. The number of rotatable bonds is 3. The second-order valence-corrected chi connectivity index (χ2v) is 7.11. The highest BCUT2D eigenvalue weighted by Gasteiger charge is 2.18. The summed E-state index contributed by atoms with van der Waals surface area (Å²) < 4.78 is 19.1. The second kappa shape index (κ2) is 7.13. The van der Waals surface area contributed by atoms with Crippen LogP contribution in [-0.4, -0.2) is 17.4 Å². The van der Waals surface area contributed by atoms with Crippen molar-refractivity contribution in [1.29, 1.82) is 5.41 Å². The smallest absolute Gasteiger partial charge is 0.412 e. The number of nitrogens with one attached hydrogen (secondary N) is 2. The molecule has 0 fully saturated rings. The minimum atomic E-state index is -0.621. The van der Waals surface area contributed by atoms with Gasteiger partial charge in [-0.15, -0.1) is 0 Å². The largest absolute Gasteiger partial charge is 0.444 e. The molecule has 0 saturated carbocycles. The maximum atomic E-state index is 13.1. The molecule has 2 rings (SSSR count). The third-order valence-electron chi connectivity index (χ3n) is 3.02. The van der Waals surface area contributed by atoms with E-state index < -0.39 is 11.7 Å². The number of anilines is 1. The van der Waals surface area contributed by atoms with E-state index in [-0.39, 0.29) is 11.5 Å². The van der Waals surface area contributed by atoms with Crippen molar-refractivity contribution in [2.24, 2.45) is 0 Å². The van der Waals surface area contributed by atoms with Gasteiger partial charge in [0, 0.05) is 15.6 Å². The molecule has 0 atom stereocenters. The van der Waals surface area contributed by atoms with Gasteiger partial charge in [-0.2, -0.15) is 0 Å². The Morgan fingerprint density at radius 1 is 1.17 bits per heavy atom. The number of halogens is 2. The molecule has 0 aromatic heterocycles. The number of hydrogen-bond acceptors (Lipinski definition) is 3. The van der Waals surface area contributed by atoms with E-state index in [1.165, 1.54) is 24.3 Å². The highest BCUT2D eigenvalue weighted by molar-refractivity contribution is 9.10. The molecule has 0 aliphatic rings. The van der Waals surface area contributed by atoms with Crippen LogP contribution in [0.2, 0.25) is 0 Å². The fourth-order valence-corrected chi connectivity index (χ4v) is 2.38. The Morgan fingerprint density at radius 2 is 1.79 bits per heavy atom. The van der Waals surface area contributed by atoms with E-state index in [1.807, 2.05) is 0 Å². The van der Waals surface area contributed by atoms with Crippen molar-refractivity contribution in [3.05, 3.63) is 63.9 Å². The Labute approximate surface area is 148 Å². The van der Waals surface area contributed by atoms with Gasteiger partial charge in [0.25, 0.3) is 0 Å². The molecule has 24 heavy (non-hydrogen) atoms. The summed E-state index contributed by atoms with van der Waals surface area (Å²) in [7, 11) is 0. The molecular formula is C18H18BrFN2O2. The van der Waals surface area contributed by atoms with E-state index in [9.17, 15) is 9.18 Å². The van der Waals surface area contributed by atoms with E-state index in [1.54, 1.807) is 39.0 Å². The predicted octanol–water partition coefficient (Wildman–Crippen LogP) is 5.35. The van der Waals surface area contributed by atoms with Crippen molar-refractivity contribution in [3.63, 3.8) is 0 Å². The molecule has 4 nitrogen and oxygen atoms in total. The molecule has 0 aliphatic heterocycles. The number of carbonyl (C=O) groups is 1. The van der Waals surface area contributed by atoms with Gasteiger partial charge < -0.3 is 4.74 Å². The molecule has 0 bridgehead atoms. The summed E-state index contributed by atoms with van der Waals surface area (Å²) in [6, 6.07) is 10.8. The number of ether oxygens (including phenoxy) is 1. The quantitative estimate of drug-likeness (QED) is 0.691. The maximum absolute atomic E-state index is 13.1. The molecule has 126 valence electrons. The number of hydrogen-bond donors (Lipinski definition) is 2. The lowest BCUT2D eigenvalue weighted by molar-refractivity contribution is 0.0636. The average Bonchev–Trinajstić information content (AvgIpc) is 2.47. The highest BCUT2D eigenvalue weighted by Crippen LogP contribution is 2.25. The summed E-state index contributed by atoms with van der Waals surface area (Å²) in [5.74, 6) is -0.368. The van der Waals surface area contributed by atoms with E-state index in [4.69, 9.17) is 10.1 Å². The van der Waals surface area contributed by atoms with Gasteiger partial charge >= 0.3 is 6.09 Å². The lowest BCUT2D eigenvalue weighted by Gasteiger charge is -2.20. The third-order valence-corrected chi connectivity index (χ3v) is 3.51. The normalized spacial score (nSPS) is 11.0. The van der Waals surface area contributed by atoms with Crippen LogP contribution in [0.4, 0.5) is 14.9 Å². The van der Waals surface area contributed by atoms with Gasteiger partial charge in [0.15, 0.2) is 0 Å². The van der Waals surface area contributed by atoms with Crippen LogP contribution < -0.4 is 5.32 Å². The van der Waals surface area contributed by atoms with Crippen molar-refractivity contribution in [2.75, 3.05) is 5.32 Å². The van der Waals surface area contributed by atoms with Gasteiger partial charge in [0.2, 0.25) is 0 Å². The van der Waals surface area contributed by atoms with Gasteiger partial charge in [-0.3, -0.25) is 10.7 Å². The summed E-state index contributed by atoms with van der Waals surface area (Å²) in [4.78, 5) is 12.0. The van der Waals surface area contributed by atoms with Crippen molar-refractivity contribution in [3.8, 4) is 0 Å². The van der Waals surface area contributed by atoms with Crippen molar-refractivity contribution in [2.45, 2.75) is 26.4 Å². The first-order valence-corrected chi connectivity index (χ1v) is 8.09. The SMILES string of the molecule is CC(C)(C)OC(=O)Nc1ccc(Br)cc1C(=N)c1ccc(F)cc1. The summed E-state index contributed by atoms with van der Waals surface area (Å²) in [6.45, 7) is 5.32. The number of amides is 1. The van der Waals surface area contributed by atoms with Gasteiger partial charge in [0.1, 0.15) is 11.4 Å². The molecule has 2 N–H and O–H groups in total. The van der Waals surface area contributed by atoms with Gasteiger partial charge in [0.05, 0.1) is 11.4 Å². The zero-order valence-corrected chi connectivity index (χ0v) is 15.2. The van der Waals surface area contributed by atoms with Crippen LogP contribution in [-0.2, 0) is 4.74 Å². The second-order valence-electron chi connectivity index (χ2n) is 6.20. The van der Waals surface area contributed by atoms with Crippen LogP contribution >= 0.6 is 15.9 Å². The number of benzene rings is 2. The fourth-order valence-electron chi connectivity index (χ4n) is 2.02. The van der Waals surface area contributed by atoms with Crippen molar-refractivity contribution < 1.29 is 13.9 Å². The van der Waals surface area contributed by atoms with Crippen LogP contribution in [0.15, 0.2) is 46.9 Å². The van der Waals surface area contributed by atoms with Gasteiger partial charge in [-0.1, -0.05) is 15.9 Å². The van der Waals surface area contributed by atoms with Crippen LogP contribution in [0.1, 0.15) is 31.9 Å². The van der Waals surface area contributed by atoms with Crippen LogP contribution in [0.3, 0.4) is 0 Å². The zero-order valence-electron chi connectivity index (χ0n) is 13.6. The molecule has 0 unspecified atom stereocenters. The Hall–Kier alpha value is -2.21. The lowest BCUT2D eigenvalue weighted by atomic mass is 10.0. The summed E-state index contributed by atoms with van der Waals surface area (Å²) >= 11 is 3.36. The zero-order chi connectivity index (χ0) is 17.9. The van der Waals surface area contributed by atoms with E-state index in [0.717, 1.165) is 4.47 Å². The Bertz CT molecular complexity index is 768. The molecule has 2 aromatic carbocycles. The van der Waals surface area contributed by atoms with Gasteiger partial charge in [-0.05, 0) is 63.2 Å². The van der Waals surface area contributed by atoms with Crippen LogP contribution in [0.5, 0.6) is 0 Å². The Morgan fingerprint density at radius 3 is 2.38 bits per heavy atom. The van der Waals surface area contributed by atoms with E-state index in [2.05, 4.69) is 21.2 Å². The Balaban J connectivity index is 2.32. The monoisotopic (exact) mass is 392 g/mol. The molecule has 0 spiro atoms. The standard InChI is InChI=1S/C18H18BrFN2O2/c1-18(2,3)24-17(23)22-15-9-6-12(19)10-14(15)16(21)11-4-7-13(20)8-5-11/h4-10,21H,1-3H3,(H,22,23). The van der Waals surface area contributed by atoms with Crippen molar-refractivity contribution in [1.82, 2.24) is 0 Å². The van der Waals surface area contributed by atoms with E-state index >= 15 is 0 Å². The molecule has 2 aromatic rings. The highest BCUT2D eigenvalue weighted by atomic mass is 79.9. The molecule has 0 saturated heterocycles. The molecule has 0 radical (unpaired) electrons.